The zero-order valence-electron chi connectivity index (χ0n) is 49.1. The van der Waals surface area contributed by atoms with Gasteiger partial charge in [-0.2, -0.15) is 0 Å². The average Bonchev–Trinajstić information content (AvgIpc) is 3.43. The highest BCUT2D eigenvalue weighted by atomic mass is 16.7. The van der Waals surface area contributed by atoms with Crippen LogP contribution in [0, 0.1) is 0 Å². The Balaban J connectivity index is 2.71. The van der Waals surface area contributed by atoms with Crippen molar-refractivity contribution in [2.45, 2.75) is 263 Å². The maximum absolute atomic E-state index is 13.1. The van der Waals surface area contributed by atoms with E-state index in [9.17, 15) is 34.5 Å². The van der Waals surface area contributed by atoms with Crippen LogP contribution < -0.4 is 0 Å². The zero-order chi connectivity index (χ0) is 57.5. The first-order valence-corrected chi connectivity index (χ1v) is 30.5. The number of aliphatic carboxylic acids is 1. The van der Waals surface area contributed by atoms with Crippen LogP contribution in [0.15, 0.2) is 122 Å². The lowest BCUT2D eigenvalue weighted by Crippen LogP contribution is -2.61. The van der Waals surface area contributed by atoms with E-state index in [1.54, 1.807) is 0 Å². The molecule has 79 heavy (non-hydrogen) atoms. The Morgan fingerprint density at radius 3 is 1.27 bits per heavy atom. The van der Waals surface area contributed by atoms with Crippen molar-refractivity contribution < 1.29 is 58.2 Å². The predicted molar refractivity (Wildman–Crippen MR) is 321 cm³/mol. The summed E-state index contributed by atoms with van der Waals surface area (Å²) in [5.74, 6) is -3.26. The summed E-state index contributed by atoms with van der Waals surface area (Å²) >= 11 is 0. The van der Waals surface area contributed by atoms with Crippen LogP contribution in [0.1, 0.15) is 226 Å². The van der Waals surface area contributed by atoms with Gasteiger partial charge in [-0.05, 0) is 96.3 Å². The molecule has 6 unspecified atom stereocenters. The number of carboxylic acid groups (broad SMARTS) is 1. The van der Waals surface area contributed by atoms with Crippen molar-refractivity contribution in [3.63, 3.8) is 0 Å². The van der Waals surface area contributed by atoms with E-state index >= 15 is 0 Å². The minimum atomic E-state index is -1.94. The van der Waals surface area contributed by atoms with Crippen LogP contribution in [0.4, 0.5) is 0 Å². The van der Waals surface area contributed by atoms with E-state index < -0.39 is 67.3 Å². The standard InChI is InChI=1S/C67H106O12/c1-4-7-10-13-16-19-22-24-26-28-30-32-34-36-39-41-44-47-50-53-59(68)75-56-58(77-60(69)54-51-48-45-42-38-21-18-15-12-9-6-3)57-76-67-65(63(72)62(71)64(79-67)66(73)74)78-61(70)55-52-49-46-43-40-37-35-33-31-29-27-25-23-20-17-14-11-8-5-2/h7-8,10-11,16-17,19-20,24-27,30-33,37,40,46,49,58,62-65,67,71-72H,4-6,9,12-15,18,21-23,28-29,34-36,38-39,41-45,47-48,50-57H2,1-3H3,(H,73,74)/b10-7-,11-8-,19-16-,20-17-,26-24-,27-25-,32-30-,33-31-,40-37-,49-46-. The molecule has 0 spiro atoms. The SMILES string of the molecule is CC/C=C\C/C=C\C/C=C\C/C=C\C/C=C\C/C=C\CCC(=O)OC1C(OCC(COC(=O)CCCCCCCC/C=C\C/C=C\C/C=C\C/C=C\CC)OC(=O)CCCCCCCCCCCCC)OC(C(=O)O)C(O)C1O. The van der Waals surface area contributed by atoms with Crippen LogP contribution in [0.3, 0.4) is 0 Å². The van der Waals surface area contributed by atoms with E-state index in [-0.39, 0.29) is 25.9 Å². The summed E-state index contributed by atoms with van der Waals surface area (Å²) in [6.45, 7) is 5.71. The molecule has 446 valence electrons. The zero-order valence-corrected chi connectivity index (χ0v) is 49.1. The number of carbonyl (C=O) groups is 4. The normalized spacial score (nSPS) is 18.7. The number of hydrogen-bond donors (Lipinski definition) is 3. The summed E-state index contributed by atoms with van der Waals surface area (Å²) in [4.78, 5) is 51.1. The van der Waals surface area contributed by atoms with Crippen LogP contribution in [-0.2, 0) is 42.9 Å². The number of esters is 3. The van der Waals surface area contributed by atoms with E-state index in [2.05, 4.69) is 124 Å². The Hall–Kier alpha value is -4.88. The van der Waals surface area contributed by atoms with E-state index in [4.69, 9.17) is 23.7 Å². The average molecular weight is 1100 g/mol. The molecule has 1 fully saturated rings. The number of ether oxygens (including phenoxy) is 5. The second-order valence-corrected chi connectivity index (χ2v) is 20.2. The Morgan fingerprint density at radius 2 is 0.823 bits per heavy atom. The highest BCUT2D eigenvalue weighted by Gasteiger charge is 2.50. The Labute approximate surface area is 478 Å². The molecule has 0 aromatic rings. The molecule has 1 aliphatic rings. The third-order valence-electron chi connectivity index (χ3n) is 13.0. The molecular formula is C67H106O12. The van der Waals surface area contributed by atoms with Gasteiger partial charge in [0, 0.05) is 19.3 Å². The number of carbonyl (C=O) groups excluding carboxylic acids is 3. The fraction of sp³-hybridized carbons (Fsp3) is 0.642. The number of hydrogen-bond acceptors (Lipinski definition) is 11. The van der Waals surface area contributed by atoms with Crippen LogP contribution in [-0.4, -0.2) is 89.2 Å². The molecule has 12 nitrogen and oxygen atoms in total. The lowest BCUT2D eigenvalue weighted by atomic mass is 9.98. The number of allylic oxidation sites excluding steroid dienone is 20. The minimum absolute atomic E-state index is 0.0710. The first-order valence-electron chi connectivity index (χ1n) is 30.5. The van der Waals surface area contributed by atoms with Gasteiger partial charge < -0.3 is 39.0 Å². The second-order valence-electron chi connectivity index (χ2n) is 20.2. The van der Waals surface area contributed by atoms with Crippen molar-refractivity contribution in [2.75, 3.05) is 13.2 Å². The van der Waals surface area contributed by atoms with Gasteiger partial charge in [0.15, 0.2) is 24.6 Å². The Kier molecular flexibility index (Phi) is 49.1. The Bertz CT molecular complexity index is 1840. The van der Waals surface area contributed by atoms with Crippen molar-refractivity contribution in [3.8, 4) is 0 Å². The van der Waals surface area contributed by atoms with Crippen LogP contribution in [0.25, 0.3) is 0 Å². The van der Waals surface area contributed by atoms with Crippen molar-refractivity contribution >= 4 is 23.9 Å². The molecule has 6 atom stereocenters. The maximum Gasteiger partial charge on any atom is 0.335 e. The summed E-state index contributed by atoms with van der Waals surface area (Å²) in [6.07, 6.45) is 61.8. The number of rotatable bonds is 50. The third kappa shape index (κ3) is 43.6. The quantitative estimate of drug-likeness (QED) is 0.0228. The van der Waals surface area contributed by atoms with Crippen LogP contribution in [0.5, 0.6) is 0 Å². The molecule has 12 heteroatoms. The van der Waals surface area contributed by atoms with Crippen LogP contribution >= 0.6 is 0 Å². The largest absolute Gasteiger partial charge is 0.479 e. The second kappa shape index (κ2) is 53.7. The van der Waals surface area contributed by atoms with Gasteiger partial charge >= 0.3 is 23.9 Å². The van der Waals surface area contributed by atoms with Crippen molar-refractivity contribution in [1.82, 2.24) is 0 Å². The van der Waals surface area contributed by atoms with Gasteiger partial charge in [-0.25, -0.2) is 4.79 Å². The smallest absolute Gasteiger partial charge is 0.335 e. The Morgan fingerprint density at radius 1 is 0.430 bits per heavy atom. The molecule has 0 radical (unpaired) electrons. The van der Waals surface area contributed by atoms with Gasteiger partial charge in [0.1, 0.15) is 18.8 Å². The van der Waals surface area contributed by atoms with Gasteiger partial charge in [0.25, 0.3) is 0 Å². The first-order chi connectivity index (χ1) is 38.6. The maximum atomic E-state index is 13.1. The van der Waals surface area contributed by atoms with Crippen molar-refractivity contribution in [2.24, 2.45) is 0 Å². The molecule has 0 aromatic carbocycles. The highest BCUT2D eigenvalue weighted by Crippen LogP contribution is 2.26. The first kappa shape index (κ1) is 72.1. The molecule has 1 rings (SSSR count). The summed E-state index contributed by atoms with van der Waals surface area (Å²) in [5.41, 5.74) is 0. The molecule has 0 aliphatic carbocycles. The summed E-state index contributed by atoms with van der Waals surface area (Å²) in [5, 5.41) is 31.5. The predicted octanol–water partition coefficient (Wildman–Crippen LogP) is 16.0. The van der Waals surface area contributed by atoms with E-state index in [0.29, 0.717) is 25.7 Å². The van der Waals surface area contributed by atoms with Gasteiger partial charge in [-0.1, -0.05) is 232 Å². The van der Waals surface area contributed by atoms with Gasteiger partial charge in [-0.3, -0.25) is 14.4 Å². The summed E-state index contributed by atoms with van der Waals surface area (Å²) in [7, 11) is 0. The molecule has 1 saturated heterocycles. The topological polar surface area (TPSA) is 175 Å². The molecule has 1 aliphatic heterocycles. The number of unbranched alkanes of at least 4 members (excludes halogenated alkanes) is 16. The molecule has 3 N–H and O–H groups in total. The van der Waals surface area contributed by atoms with E-state index in [1.165, 1.54) is 44.9 Å². The molecule has 1 heterocycles. The molecule has 0 aromatic heterocycles. The van der Waals surface area contributed by atoms with E-state index in [1.807, 2.05) is 18.2 Å². The summed E-state index contributed by atoms with van der Waals surface area (Å²) in [6, 6.07) is 0. The lowest BCUT2D eigenvalue weighted by Gasteiger charge is -2.40. The number of carboxylic acids is 1. The van der Waals surface area contributed by atoms with Gasteiger partial charge in [-0.15, -0.1) is 0 Å². The monoisotopic (exact) mass is 1100 g/mol. The lowest BCUT2D eigenvalue weighted by molar-refractivity contribution is -0.301. The fourth-order valence-electron chi connectivity index (χ4n) is 8.44. The molecule has 0 saturated carbocycles. The van der Waals surface area contributed by atoms with E-state index in [0.717, 1.165) is 116 Å². The number of aliphatic hydroxyl groups excluding tert-OH is 2. The van der Waals surface area contributed by atoms with Gasteiger partial charge in [0.05, 0.1) is 6.61 Å². The number of aliphatic hydroxyl groups is 2. The third-order valence-corrected chi connectivity index (χ3v) is 13.0. The summed E-state index contributed by atoms with van der Waals surface area (Å²) < 4.78 is 28.3. The van der Waals surface area contributed by atoms with Crippen molar-refractivity contribution in [1.29, 1.82) is 0 Å². The van der Waals surface area contributed by atoms with Gasteiger partial charge in [0.2, 0.25) is 0 Å². The fourth-order valence-corrected chi connectivity index (χ4v) is 8.44. The van der Waals surface area contributed by atoms with Crippen molar-refractivity contribution in [3.05, 3.63) is 122 Å². The molecule has 0 bridgehead atoms. The molecule has 0 amide bonds. The molecular weight excluding hydrogens is 997 g/mol. The minimum Gasteiger partial charge on any atom is -0.479 e. The highest BCUT2D eigenvalue weighted by molar-refractivity contribution is 5.74. The van der Waals surface area contributed by atoms with Crippen LogP contribution in [0.2, 0.25) is 0 Å².